The van der Waals surface area contributed by atoms with Gasteiger partial charge in [0.15, 0.2) is 0 Å². The topological polar surface area (TPSA) is 6.48 Å². The van der Waals surface area contributed by atoms with Crippen molar-refractivity contribution in [3.63, 3.8) is 0 Å². The zero-order chi connectivity index (χ0) is 44.3. The van der Waals surface area contributed by atoms with Crippen molar-refractivity contribution in [2.75, 3.05) is 9.80 Å². The van der Waals surface area contributed by atoms with Crippen LogP contribution in [0.25, 0.3) is 26.8 Å². The van der Waals surface area contributed by atoms with Crippen LogP contribution < -0.4 is 26.2 Å². The lowest BCUT2D eigenvalue weighted by molar-refractivity contribution is 0.590. The Hall–Kier alpha value is -6.10. The lowest BCUT2D eigenvalue weighted by Gasteiger charge is -2.45. The summed E-state index contributed by atoms with van der Waals surface area (Å²) in [7, 11) is 0. The van der Waals surface area contributed by atoms with Gasteiger partial charge >= 0.3 is 0 Å². The van der Waals surface area contributed by atoms with Gasteiger partial charge < -0.3 is 9.80 Å². The maximum atomic E-state index is 2.60. The molecule has 0 spiro atoms. The van der Waals surface area contributed by atoms with E-state index in [0.29, 0.717) is 0 Å². The molecule has 0 amide bonds. The predicted molar refractivity (Wildman–Crippen MR) is 279 cm³/mol. The van der Waals surface area contributed by atoms with E-state index in [-0.39, 0.29) is 23.0 Å². The number of anilines is 6. The average molecular weight is 849 g/mol. The molecule has 64 heavy (non-hydrogen) atoms. The Morgan fingerprint density at radius 3 is 1.50 bits per heavy atom. The van der Waals surface area contributed by atoms with E-state index in [2.05, 4.69) is 230 Å². The zero-order valence-corrected chi connectivity index (χ0v) is 39.6. The Kier molecular flexibility index (Phi) is 9.36. The minimum absolute atomic E-state index is 0.0161. The van der Waals surface area contributed by atoms with Gasteiger partial charge in [0.2, 0.25) is 0 Å². The van der Waals surface area contributed by atoms with Crippen LogP contribution in [0.3, 0.4) is 0 Å². The van der Waals surface area contributed by atoms with Gasteiger partial charge in [-0.15, -0.1) is 11.3 Å². The smallest absolute Gasteiger partial charge is 0.252 e. The van der Waals surface area contributed by atoms with E-state index in [1.165, 1.54) is 110 Å². The van der Waals surface area contributed by atoms with E-state index < -0.39 is 0 Å². The molecule has 0 fully saturated rings. The average Bonchev–Trinajstić information content (AvgIpc) is 3.67. The van der Waals surface area contributed by atoms with Gasteiger partial charge in [-0.2, -0.15) is 0 Å². The molecular formula is C60H57BN2S. The highest BCUT2D eigenvalue weighted by atomic mass is 32.1. The van der Waals surface area contributed by atoms with Crippen LogP contribution in [0, 0.1) is 0 Å². The summed E-state index contributed by atoms with van der Waals surface area (Å²) in [5.74, 6) is 0. The van der Waals surface area contributed by atoms with Gasteiger partial charge in [-0.25, -0.2) is 0 Å². The molecule has 0 bridgehead atoms. The summed E-state index contributed by atoms with van der Waals surface area (Å²) < 4.78 is 1.38. The zero-order valence-electron chi connectivity index (χ0n) is 38.8. The first-order valence-electron chi connectivity index (χ1n) is 23.2. The quantitative estimate of drug-likeness (QED) is 0.163. The molecule has 0 unspecified atom stereocenters. The van der Waals surface area contributed by atoms with Gasteiger partial charge in [-0.05, 0) is 150 Å². The lowest BCUT2D eigenvalue weighted by atomic mass is 9.33. The molecule has 0 saturated heterocycles. The molecule has 1 aliphatic carbocycles. The minimum Gasteiger partial charge on any atom is -0.311 e. The summed E-state index contributed by atoms with van der Waals surface area (Å²) >= 11 is 1.95. The van der Waals surface area contributed by atoms with Crippen molar-refractivity contribution in [2.45, 2.75) is 91.4 Å². The molecule has 0 saturated carbocycles. The summed E-state index contributed by atoms with van der Waals surface area (Å²) in [6, 6.07) is 58.2. The fraction of sp³-hybridized carbons (Fsp3) is 0.233. The van der Waals surface area contributed by atoms with E-state index in [1.807, 2.05) is 11.3 Å². The number of nitrogens with zero attached hydrogens (tertiary/aromatic N) is 2. The number of benzene rings is 7. The van der Waals surface area contributed by atoms with Crippen molar-refractivity contribution in [1.82, 2.24) is 0 Å². The van der Waals surface area contributed by atoms with Crippen molar-refractivity contribution in [3.05, 3.63) is 190 Å². The Bertz CT molecular complexity index is 3150. The van der Waals surface area contributed by atoms with Gasteiger partial charge in [0.05, 0.1) is 0 Å². The third-order valence-electron chi connectivity index (χ3n) is 14.0. The number of rotatable bonds is 4. The molecular weight excluding hydrogens is 792 g/mol. The van der Waals surface area contributed by atoms with Crippen molar-refractivity contribution in [1.29, 1.82) is 0 Å². The van der Waals surface area contributed by atoms with Crippen LogP contribution in [0.1, 0.15) is 101 Å². The molecule has 0 N–H and O–H groups in total. The molecule has 4 heteroatoms. The van der Waals surface area contributed by atoms with E-state index in [4.69, 9.17) is 0 Å². The largest absolute Gasteiger partial charge is 0.311 e. The maximum Gasteiger partial charge on any atom is 0.252 e. The first-order chi connectivity index (χ1) is 30.6. The van der Waals surface area contributed by atoms with Crippen molar-refractivity contribution in [3.8, 4) is 11.1 Å². The Balaban J connectivity index is 1.14. The van der Waals surface area contributed by atoms with Crippen molar-refractivity contribution in [2.24, 2.45) is 0 Å². The molecule has 0 radical (unpaired) electrons. The predicted octanol–water partition coefficient (Wildman–Crippen LogP) is 14.9. The van der Waals surface area contributed by atoms with E-state index >= 15 is 0 Å². The molecule has 8 aromatic rings. The second-order valence-electron chi connectivity index (χ2n) is 21.4. The second kappa shape index (κ2) is 14.7. The lowest BCUT2D eigenvalue weighted by Crippen LogP contribution is -2.61. The highest BCUT2D eigenvalue weighted by Crippen LogP contribution is 2.48. The van der Waals surface area contributed by atoms with Gasteiger partial charge in [0.25, 0.3) is 6.71 Å². The number of hydrogen-bond acceptors (Lipinski definition) is 3. The number of allylic oxidation sites excluding steroid dienone is 1. The molecule has 7 aromatic carbocycles. The third kappa shape index (κ3) is 6.67. The Labute approximate surface area is 385 Å². The number of hydrogen-bond donors (Lipinski definition) is 0. The van der Waals surface area contributed by atoms with Crippen LogP contribution in [-0.4, -0.2) is 6.71 Å². The summed E-state index contributed by atoms with van der Waals surface area (Å²) in [5.41, 5.74) is 21.9. The third-order valence-corrected chi connectivity index (χ3v) is 15.3. The number of fused-ring (bicyclic) bond motifs is 7. The Morgan fingerprint density at radius 1 is 0.469 bits per heavy atom. The first-order valence-corrected chi connectivity index (χ1v) is 24.0. The summed E-state index contributed by atoms with van der Waals surface area (Å²) in [6.45, 7) is 21.2. The van der Waals surface area contributed by atoms with Crippen LogP contribution in [0.15, 0.2) is 158 Å². The molecule has 2 aliphatic heterocycles. The van der Waals surface area contributed by atoms with Crippen LogP contribution in [0.4, 0.5) is 34.1 Å². The van der Waals surface area contributed by atoms with Gasteiger partial charge in [-0.1, -0.05) is 165 Å². The summed E-state index contributed by atoms with van der Waals surface area (Å²) in [5, 5.41) is 1.42. The maximum absolute atomic E-state index is 2.60. The van der Waals surface area contributed by atoms with Crippen molar-refractivity contribution < 1.29 is 0 Å². The standard InChI is InChI=1S/C60H57BN2S/c1-58(2,3)41-26-32-49-51(34-41)62(44-28-22-39(23-29-44)38-16-11-10-12-17-38)53-36-43(60(7,8)9)37-54-56(53)61(49)50-33-27-42(59(4,5)6)35-52(50)63(54)45-30-24-40(25-31-45)46-19-15-20-48-47-18-13-14-21-55(47)64-57(46)48/h10-14,16-19,21-37H,15,20H2,1-9H3. The summed E-state index contributed by atoms with van der Waals surface area (Å²) in [4.78, 5) is 6.61. The normalized spacial score (nSPS) is 14.5. The molecule has 2 nitrogen and oxygen atoms in total. The van der Waals surface area contributed by atoms with Crippen LogP contribution in [0.5, 0.6) is 0 Å². The molecule has 11 rings (SSSR count). The van der Waals surface area contributed by atoms with E-state index in [1.54, 1.807) is 0 Å². The van der Waals surface area contributed by atoms with Crippen LogP contribution >= 0.6 is 11.3 Å². The van der Waals surface area contributed by atoms with Gasteiger partial charge in [0.1, 0.15) is 0 Å². The minimum atomic E-state index is -0.101. The van der Waals surface area contributed by atoms with E-state index in [9.17, 15) is 0 Å². The molecule has 0 atom stereocenters. The van der Waals surface area contributed by atoms with Gasteiger partial charge in [-0.3, -0.25) is 0 Å². The highest BCUT2D eigenvalue weighted by molar-refractivity contribution is 7.20. The van der Waals surface area contributed by atoms with Crippen molar-refractivity contribution >= 4 is 84.2 Å². The highest BCUT2D eigenvalue weighted by Gasteiger charge is 2.45. The second-order valence-corrected chi connectivity index (χ2v) is 22.4. The number of thiophene rings is 1. The first kappa shape index (κ1) is 40.7. The van der Waals surface area contributed by atoms with Gasteiger partial charge in [0, 0.05) is 43.7 Å². The number of aryl methyl sites for hydroxylation is 1. The van der Waals surface area contributed by atoms with E-state index in [0.717, 1.165) is 12.8 Å². The fourth-order valence-electron chi connectivity index (χ4n) is 10.4. The molecule has 3 heterocycles. The molecule has 3 aliphatic rings. The summed E-state index contributed by atoms with van der Waals surface area (Å²) in [6.07, 6.45) is 4.64. The van der Waals surface area contributed by atoms with Crippen LogP contribution in [0.2, 0.25) is 0 Å². The molecule has 1 aromatic heterocycles. The monoisotopic (exact) mass is 848 g/mol. The SMILES string of the molecule is CC(C)(C)c1ccc2c(c1)N(c1ccc(C3=CCCc4c3sc3ccccc43)cc1)c1cc(C(C)(C)C)cc3c1B2c1ccc(C(C)(C)C)cc1N3c1ccc(-c2ccccc2)cc1. The van der Waals surface area contributed by atoms with Crippen LogP contribution in [-0.2, 0) is 22.7 Å². The fourth-order valence-corrected chi connectivity index (χ4v) is 11.7. The molecule has 316 valence electrons. The Morgan fingerprint density at radius 2 is 0.953 bits per heavy atom.